The average molecular weight is 425 g/mol. The first kappa shape index (κ1) is 20.5. The molecule has 0 bridgehead atoms. The summed E-state index contributed by atoms with van der Waals surface area (Å²) in [7, 11) is -2.17. The molecule has 0 atom stereocenters. The molecule has 0 spiro atoms. The molecule has 3 aromatic rings. The Balaban J connectivity index is 1.60. The molecule has 1 aromatic heterocycles. The van der Waals surface area contributed by atoms with Gasteiger partial charge < -0.3 is 4.74 Å². The summed E-state index contributed by atoms with van der Waals surface area (Å²) >= 11 is 0. The molecule has 0 aliphatic carbocycles. The summed E-state index contributed by atoms with van der Waals surface area (Å²) in [6, 6.07) is 16.5. The van der Waals surface area contributed by atoms with Crippen molar-refractivity contribution in [3.63, 3.8) is 0 Å². The summed E-state index contributed by atoms with van der Waals surface area (Å²) in [6.07, 6.45) is 1.29. The van der Waals surface area contributed by atoms with Crippen LogP contribution in [-0.4, -0.2) is 43.9 Å². The molecule has 30 heavy (non-hydrogen) atoms. The Morgan fingerprint density at radius 3 is 2.40 bits per heavy atom. The van der Waals surface area contributed by atoms with Gasteiger partial charge in [0.15, 0.2) is 0 Å². The van der Waals surface area contributed by atoms with E-state index in [1.54, 1.807) is 22.5 Å². The molecule has 0 radical (unpaired) electrons. The van der Waals surface area contributed by atoms with Crippen molar-refractivity contribution >= 4 is 26.8 Å². The van der Waals surface area contributed by atoms with Crippen LogP contribution in [0.3, 0.4) is 0 Å². The number of carbonyl (C=O) groups is 1. The third-order valence-electron chi connectivity index (χ3n) is 5.66. The van der Waals surface area contributed by atoms with Gasteiger partial charge in [0.25, 0.3) is 0 Å². The molecule has 6 nitrogen and oxygen atoms in total. The summed E-state index contributed by atoms with van der Waals surface area (Å²) in [4.78, 5) is 17.0. The van der Waals surface area contributed by atoms with Gasteiger partial charge in [0.2, 0.25) is 10.0 Å². The Bertz CT molecular complexity index is 1180. The van der Waals surface area contributed by atoms with E-state index in [-0.39, 0.29) is 11.6 Å². The molecule has 0 amide bonds. The van der Waals surface area contributed by atoms with Crippen LogP contribution in [0.4, 0.5) is 0 Å². The number of esters is 1. The van der Waals surface area contributed by atoms with Crippen molar-refractivity contribution in [3.05, 3.63) is 71.5 Å². The number of hydrogen-bond acceptors (Lipinski definition) is 5. The summed E-state index contributed by atoms with van der Waals surface area (Å²) in [5.41, 5.74) is 2.14. The average Bonchev–Trinajstić information content (AvgIpc) is 2.78. The van der Waals surface area contributed by atoms with E-state index in [0.29, 0.717) is 30.8 Å². The minimum Gasteiger partial charge on any atom is -0.464 e. The first-order valence-corrected chi connectivity index (χ1v) is 11.4. The van der Waals surface area contributed by atoms with Crippen LogP contribution in [0.5, 0.6) is 0 Å². The number of aryl methyl sites for hydroxylation is 1. The Morgan fingerprint density at radius 1 is 1.07 bits per heavy atom. The maximum absolute atomic E-state index is 13.0. The zero-order valence-electron chi connectivity index (χ0n) is 17.0. The third-order valence-corrected chi connectivity index (χ3v) is 7.58. The fraction of sp³-hybridized carbons (Fsp3) is 0.304. The number of hydrogen-bond donors (Lipinski definition) is 0. The summed E-state index contributed by atoms with van der Waals surface area (Å²) < 4.78 is 32.4. The fourth-order valence-corrected chi connectivity index (χ4v) is 5.44. The van der Waals surface area contributed by atoms with E-state index in [1.807, 2.05) is 43.3 Å². The van der Waals surface area contributed by atoms with Gasteiger partial charge >= 0.3 is 5.97 Å². The quantitative estimate of drug-likeness (QED) is 0.594. The number of pyridine rings is 1. The summed E-state index contributed by atoms with van der Waals surface area (Å²) in [6.45, 7) is 2.76. The van der Waals surface area contributed by atoms with Crippen LogP contribution >= 0.6 is 0 Å². The molecule has 156 valence electrons. The van der Waals surface area contributed by atoms with Crippen molar-refractivity contribution in [3.8, 4) is 0 Å². The molecule has 1 saturated heterocycles. The second-order valence-corrected chi connectivity index (χ2v) is 9.53. The lowest BCUT2D eigenvalue weighted by molar-refractivity contribution is 0.0594. The number of aromatic nitrogens is 1. The van der Waals surface area contributed by atoms with Crippen molar-refractivity contribution < 1.29 is 17.9 Å². The first-order valence-electron chi connectivity index (χ1n) is 9.95. The van der Waals surface area contributed by atoms with E-state index >= 15 is 0 Å². The zero-order chi connectivity index (χ0) is 21.3. The van der Waals surface area contributed by atoms with Crippen LogP contribution in [0, 0.1) is 6.92 Å². The largest absolute Gasteiger partial charge is 0.464 e. The van der Waals surface area contributed by atoms with Crippen molar-refractivity contribution in [2.24, 2.45) is 0 Å². The van der Waals surface area contributed by atoms with Gasteiger partial charge in [0, 0.05) is 24.4 Å². The van der Waals surface area contributed by atoms with Crippen LogP contribution in [0.1, 0.15) is 40.5 Å². The van der Waals surface area contributed by atoms with Gasteiger partial charge in [-0.2, -0.15) is 4.31 Å². The zero-order valence-corrected chi connectivity index (χ0v) is 17.9. The van der Waals surface area contributed by atoms with Crippen LogP contribution in [0.25, 0.3) is 10.8 Å². The Morgan fingerprint density at radius 2 is 1.73 bits per heavy atom. The number of nitrogens with zero attached hydrogens (tertiary/aromatic N) is 2. The lowest BCUT2D eigenvalue weighted by Gasteiger charge is -2.31. The molecule has 2 aromatic carbocycles. The maximum Gasteiger partial charge on any atom is 0.356 e. The highest BCUT2D eigenvalue weighted by Gasteiger charge is 2.31. The number of benzene rings is 2. The SMILES string of the molecule is COC(=O)c1cc2ccccc2c(C2CCN(S(=O)(=O)c3ccc(C)cc3)CC2)n1. The lowest BCUT2D eigenvalue weighted by Crippen LogP contribution is -2.38. The molecular formula is C23H24N2O4S. The van der Waals surface area contributed by atoms with E-state index in [9.17, 15) is 13.2 Å². The van der Waals surface area contributed by atoms with Crippen LogP contribution in [0.2, 0.25) is 0 Å². The van der Waals surface area contributed by atoms with Crippen molar-refractivity contribution in [2.75, 3.05) is 20.2 Å². The number of carbonyl (C=O) groups excluding carboxylic acids is 1. The summed E-state index contributed by atoms with van der Waals surface area (Å²) in [5, 5.41) is 1.92. The molecule has 2 heterocycles. The Labute approximate surface area is 176 Å². The van der Waals surface area contributed by atoms with Gasteiger partial charge in [0.1, 0.15) is 5.69 Å². The van der Waals surface area contributed by atoms with Crippen molar-refractivity contribution in [1.29, 1.82) is 0 Å². The van der Waals surface area contributed by atoms with E-state index in [4.69, 9.17) is 4.74 Å². The second kappa shape index (κ2) is 8.16. The van der Waals surface area contributed by atoms with Crippen molar-refractivity contribution in [1.82, 2.24) is 9.29 Å². The lowest BCUT2D eigenvalue weighted by atomic mass is 9.90. The highest BCUT2D eigenvalue weighted by molar-refractivity contribution is 7.89. The highest BCUT2D eigenvalue weighted by Crippen LogP contribution is 2.34. The normalized spacial score (nSPS) is 15.9. The molecule has 1 aliphatic heterocycles. The number of sulfonamides is 1. The van der Waals surface area contributed by atoms with Crippen LogP contribution in [-0.2, 0) is 14.8 Å². The number of fused-ring (bicyclic) bond motifs is 1. The first-order chi connectivity index (χ1) is 14.4. The molecule has 0 saturated carbocycles. The Kier molecular flexibility index (Phi) is 5.58. The number of piperidine rings is 1. The molecule has 1 fully saturated rings. The monoisotopic (exact) mass is 424 g/mol. The second-order valence-electron chi connectivity index (χ2n) is 7.60. The standard InChI is InChI=1S/C23H24N2O4S/c1-16-7-9-19(10-8-16)30(27,28)25-13-11-17(12-14-25)22-20-6-4-3-5-18(20)15-21(24-22)23(26)29-2/h3-10,15,17H,11-14H2,1-2H3. The van der Waals surface area contributed by atoms with E-state index in [2.05, 4.69) is 4.98 Å². The number of ether oxygens (including phenoxy) is 1. The van der Waals surface area contributed by atoms with Crippen LogP contribution in [0.15, 0.2) is 59.5 Å². The third kappa shape index (κ3) is 3.82. The van der Waals surface area contributed by atoms with Gasteiger partial charge in [0.05, 0.1) is 17.7 Å². The molecular weight excluding hydrogens is 400 g/mol. The number of rotatable bonds is 4. The van der Waals surface area contributed by atoms with Gasteiger partial charge in [-0.25, -0.2) is 18.2 Å². The topological polar surface area (TPSA) is 76.6 Å². The number of methoxy groups -OCH3 is 1. The summed E-state index contributed by atoms with van der Waals surface area (Å²) in [5.74, 6) is -0.398. The van der Waals surface area contributed by atoms with Crippen LogP contribution < -0.4 is 0 Å². The van der Waals surface area contributed by atoms with E-state index in [1.165, 1.54) is 7.11 Å². The van der Waals surface area contributed by atoms with Gasteiger partial charge in [-0.15, -0.1) is 0 Å². The molecule has 0 N–H and O–H groups in total. The fourth-order valence-electron chi connectivity index (χ4n) is 3.97. The van der Waals surface area contributed by atoms with Crippen molar-refractivity contribution in [2.45, 2.75) is 30.6 Å². The minimum atomic E-state index is -3.51. The Hall–Kier alpha value is -2.77. The minimum absolute atomic E-state index is 0.0731. The predicted octanol–water partition coefficient (Wildman–Crippen LogP) is 3.90. The molecule has 7 heteroatoms. The van der Waals surface area contributed by atoms with Gasteiger partial charge in [-0.1, -0.05) is 42.0 Å². The highest BCUT2D eigenvalue weighted by atomic mass is 32.2. The smallest absolute Gasteiger partial charge is 0.356 e. The van der Waals surface area contributed by atoms with Gasteiger partial charge in [-0.05, 0) is 43.4 Å². The maximum atomic E-state index is 13.0. The van der Waals surface area contributed by atoms with E-state index < -0.39 is 16.0 Å². The van der Waals surface area contributed by atoms with E-state index in [0.717, 1.165) is 22.0 Å². The molecule has 1 aliphatic rings. The van der Waals surface area contributed by atoms with Gasteiger partial charge in [-0.3, -0.25) is 0 Å². The predicted molar refractivity (Wildman–Crippen MR) is 115 cm³/mol. The molecule has 0 unspecified atom stereocenters. The molecule has 4 rings (SSSR count).